The first-order valence-electron chi connectivity index (χ1n) is 42.8. The van der Waals surface area contributed by atoms with Crippen LogP contribution in [0.5, 0.6) is 17.2 Å². The van der Waals surface area contributed by atoms with Gasteiger partial charge in [0.2, 0.25) is 34.6 Å². The molecule has 0 aliphatic heterocycles. The number of nitrogens with one attached hydrogen (secondary N) is 2. The molecule has 750 valence electrons. The number of methoxy groups -OCH3 is 6. The monoisotopic (exact) mass is 2090 g/mol. The quantitative estimate of drug-likeness (QED) is 0.00745. The van der Waals surface area contributed by atoms with Crippen LogP contribution in [0.1, 0.15) is 160 Å². The Bertz CT molecular complexity index is 7370. The van der Waals surface area contributed by atoms with Crippen LogP contribution in [-0.4, -0.2) is 174 Å². The second kappa shape index (κ2) is 50.7. The molecule has 16 aromatic rings. The molecule has 8 aromatic heterocycles. The summed E-state index contributed by atoms with van der Waals surface area (Å²) in [5.41, 5.74) is 9.04. The van der Waals surface area contributed by atoms with Crippen LogP contribution in [0.25, 0.3) is 87.9 Å². The number of nitrogens with zero attached hydrogens (tertiary/aromatic N) is 3. The highest BCUT2D eigenvalue weighted by Gasteiger charge is 2.39. The van der Waals surface area contributed by atoms with E-state index in [9.17, 15) is 68.7 Å². The van der Waals surface area contributed by atoms with E-state index in [0.29, 0.717) is 57.5 Å². The van der Waals surface area contributed by atoms with Gasteiger partial charge in [0.05, 0.1) is 115 Å². The van der Waals surface area contributed by atoms with E-state index in [1.165, 1.54) is 124 Å². The Labute approximate surface area is 845 Å². The van der Waals surface area contributed by atoms with Gasteiger partial charge in [-0.25, -0.2) is 56.3 Å². The van der Waals surface area contributed by atoms with Crippen LogP contribution in [0.2, 0.25) is 10.6 Å². The first-order chi connectivity index (χ1) is 66.5. The number of rotatable bonds is 29. The topological polar surface area (TPSA) is 419 Å². The lowest BCUT2D eigenvalue weighted by molar-refractivity contribution is -0.142. The smallest absolute Gasteiger partial charge is 0.399 e. The zero-order valence-electron chi connectivity index (χ0n) is 77.5. The number of aromatic amines is 2. The van der Waals surface area contributed by atoms with Crippen molar-refractivity contribution in [1.82, 2.24) is 21.9 Å². The molecule has 0 aliphatic carbocycles. The molecule has 0 aliphatic rings. The highest BCUT2D eigenvalue weighted by atomic mass is 35.6. The molecular weight excluding hydrogens is 1990 g/mol. The van der Waals surface area contributed by atoms with Gasteiger partial charge in [-0.3, -0.25) is 29.2 Å². The number of ketones is 1. The van der Waals surface area contributed by atoms with E-state index in [0.717, 1.165) is 66.7 Å². The zero-order valence-corrected chi connectivity index (χ0v) is 84.1. The molecule has 0 spiro atoms. The van der Waals surface area contributed by atoms with Gasteiger partial charge in [-0.15, -0.1) is 23.2 Å². The number of ether oxygens (including phenoxy) is 8. The third kappa shape index (κ3) is 24.9. The zero-order chi connectivity index (χ0) is 101. The summed E-state index contributed by atoms with van der Waals surface area (Å²) in [5.74, 6) is -8.00. The van der Waals surface area contributed by atoms with Crippen molar-refractivity contribution in [1.29, 1.82) is 0 Å². The van der Waals surface area contributed by atoms with Crippen LogP contribution in [-0.2, 0) is 76.2 Å². The van der Waals surface area contributed by atoms with Crippen molar-refractivity contribution >= 4 is 190 Å². The molecule has 0 atom stereocenters. The maximum atomic E-state index is 14.2. The molecular formula is C103H108AlCl4N5O26S3. The summed E-state index contributed by atoms with van der Waals surface area (Å²) in [6, 6.07) is 53.3. The molecule has 0 saturated heterocycles. The lowest BCUT2D eigenvalue weighted by atomic mass is 10.0. The summed E-state index contributed by atoms with van der Waals surface area (Å²) in [4.78, 5) is 104. The van der Waals surface area contributed by atoms with Crippen LogP contribution in [0.4, 0.5) is 0 Å². The van der Waals surface area contributed by atoms with Crippen LogP contribution in [0.15, 0.2) is 247 Å². The molecule has 0 fully saturated rings. The van der Waals surface area contributed by atoms with Gasteiger partial charge in [-0.2, -0.15) is 0 Å². The lowest BCUT2D eigenvalue weighted by Gasteiger charge is -2.07. The average molecular weight is 2100 g/mol. The molecule has 142 heavy (non-hydrogen) atoms. The predicted octanol–water partition coefficient (Wildman–Crippen LogP) is 23.3. The molecule has 39 heteroatoms. The van der Waals surface area contributed by atoms with Crippen LogP contribution in [0, 0.1) is 20.8 Å². The number of aryl methyl sites for hydroxylation is 5. The summed E-state index contributed by atoms with van der Waals surface area (Å²) in [7, 11) is 0.967. The number of hydrogen-bond acceptors (Lipinski definition) is 25. The fraction of sp³-hybridized carbons (Fsp3) is 0.243. The van der Waals surface area contributed by atoms with Crippen molar-refractivity contribution in [3.63, 3.8) is 0 Å². The Balaban J connectivity index is 0.000000234. The first kappa shape index (κ1) is 114. The molecule has 0 bridgehead atoms. The number of fused-ring (bicyclic) bond motifs is 5. The number of carboxylic acids is 1. The molecule has 31 nitrogen and oxygen atoms in total. The maximum absolute atomic E-state index is 14.2. The summed E-state index contributed by atoms with van der Waals surface area (Å²) < 4.78 is 143. The van der Waals surface area contributed by atoms with Crippen molar-refractivity contribution < 1.29 is 120 Å². The van der Waals surface area contributed by atoms with E-state index in [4.69, 9.17) is 96.0 Å². The molecule has 16 rings (SSSR count). The van der Waals surface area contributed by atoms with Gasteiger partial charge in [0, 0.05) is 94.1 Å². The number of carbonyl (C=O) groups is 8. The molecule has 0 radical (unpaired) electrons. The van der Waals surface area contributed by atoms with E-state index < -0.39 is 95.5 Å². The Hall–Kier alpha value is -13.6. The Morgan fingerprint density at radius 1 is 0.423 bits per heavy atom. The minimum Gasteiger partial charge on any atom is -0.492 e. The average Bonchev–Trinajstić information content (AvgIpc) is 1.54. The number of H-pyrrole nitrogens is 2. The maximum Gasteiger partial charge on any atom is 0.399 e. The third-order valence-electron chi connectivity index (χ3n) is 21.9. The van der Waals surface area contributed by atoms with Crippen molar-refractivity contribution in [2.45, 2.75) is 122 Å². The van der Waals surface area contributed by atoms with Gasteiger partial charge in [-0.05, 0) is 135 Å². The number of carbonyl (C=O) groups excluding carboxylic acids is 7. The molecule has 0 amide bonds. The fourth-order valence-electron chi connectivity index (χ4n) is 15.2. The fourth-order valence-corrected chi connectivity index (χ4v) is 20.0. The molecule has 0 unspecified atom stereocenters. The van der Waals surface area contributed by atoms with E-state index in [2.05, 4.69) is 48.1 Å². The number of alkyl halides is 2. The van der Waals surface area contributed by atoms with Crippen molar-refractivity contribution in [3.8, 4) is 50.6 Å². The van der Waals surface area contributed by atoms with E-state index in [1.54, 1.807) is 121 Å². The third-order valence-corrected chi connectivity index (χ3v) is 30.7. The number of halogens is 4. The summed E-state index contributed by atoms with van der Waals surface area (Å²) in [5, 5.41) is 14.4. The number of aromatic nitrogens is 5. The van der Waals surface area contributed by atoms with E-state index >= 15 is 0 Å². The number of hydrogen-bond donors (Lipinski definition) is 3. The molecule has 8 heterocycles. The van der Waals surface area contributed by atoms with Crippen LogP contribution >= 0.6 is 44.9 Å². The van der Waals surface area contributed by atoms with Gasteiger partial charge < -0.3 is 66.2 Å². The minimum absolute atomic E-state index is 0. The van der Waals surface area contributed by atoms with E-state index in [1.807, 2.05) is 39.1 Å². The van der Waals surface area contributed by atoms with Crippen molar-refractivity contribution in [2.75, 3.05) is 61.2 Å². The Kier molecular flexibility index (Phi) is 40.6. The van der Waals surface area contributed by atoms with E-state index in [-0.39, 0.29) is 134 Å². The molecule has 8 aromatic carbocycles. The second-order valence-corrected chi connectivity index (χ2v) is 42.0. The largest absolute Gasteiger partial charge is 0.492 e. The molecule has 3 N–H and O–H groups in total. The van der Waals surface area contributed by atoms with Crippen LogP contribution in [0.3, 0.4) is 0 Å². The predicted molar refractivity (Wildman–Crippen MR) is 550 cm³/mol. The SMILES string of the molecule is C.C.C.CC(=O)OCCCc1cccc2cc[nH]c12.COC(=O)c1oc(C(=O)Cl)c(OC)c1-c1cn(S(=O)(=O)c2ccc(C)cc2)c2ccccc12.COC(=O)c1oc(C(=O)O)c(OC)c1-c1cn(S(=O)(=O)c2ccc(C)cc2)c2ccccc12.COC(=O)c1oc(C(=O)c2c[nH]c3c(CCCOC(C)=O)cccc23)c(OC)c1-c1cn(S(=O)(=O)c2ccc(C)cc2)c2ccccc12.C[CH2][Al]([Cl])[CH2]C.ClCCl. The lowest BCUT2D eigenvalue weighted by Crippen LogP contribution is -2.11. The summed E-state index contributed by atoms with van der Waals surface area (Å²) in [6.07, 6.45) is 10.5. The van der Waals surface area contributed by atoms with Crippen molar-refractivity contribution in [3.05, 3.63) is 287 Å². The number of para-hydroxylation sites is 5. The van der Waals surface area contributed by atoms with Crippen molar-refractivity contribution in [2.24, 2.45) is 0 Å². The number of aromatic carboxylic acids is 1. The molecule has 0 saturated carbocycles. The number of furan rings is 3. The summed E-state index contributed by atoms with van der Waals surface area (Å²) >= 11 is 14.5. The highest BCUT2D eigenvalue weighted by Crippen LogP contribution is 2.49. The van der Waals surface area contributed by atoms with Gasteiger partial charge in [0.15, 0.2) is 17.2 Å². The number of benzene rings is 8. The van der Waals surface area contributed by atoms with Crippen LogP contribution < -0.4 is 14.2 Å². The second-order valence-electron chi connectivity index (χ2n) is 30.7. The number of esters is 5. The van der Waals surface area contributed by atoms with Gasteiger partial charge in [-0.1, -0.05) is 191 Å². The summed E-state index contributed by atoms with van der Waals surface area (Å²) in [6.45, 7) is 13.4. The van der Waals surface area contributed by atoms with Gasteiger partial charge in [0.25, 0.3) is 41.1 Å². The van der Waals surface area contributed by atoms with Gasteiger partial charge in [0.1, 0.15) is 0 Å². The standard InChI is InChI=1S/C36H32N2O9S.C23H18ClNO7S.C23H19NO8S.C13H15NO2.2C2H5.CH2Cl2.3CH4.Al.ClH/c1-21-14-16-24(17-15-21)48(42,43)38-20-28(25-11-5-6-13-29(25)38)30-33(44-3)35(47-34(30)36(41)45-4)32(40)27-19-37-31-23(9-7-12-26(27)31)10-8-18-46-22(2)39;1-13-8-10-14(11-9-13)33(28,29)25-12-16(15-6-4-5-7-17(15)25)18-19(30-2)21(22(24)26)32-20(18)23(27)31-3;1-13-8-10-14(11-9-13)33(28,29)24-12-16(15-6-4-5-7-17(15)24)18-19(30-2)21(22(25)26)32-20(18)23(27)31-3;1-10(15)16-9-3-6-11-4-2-5-12-7-8-14-13(11)12;2*1-2;2-1-3;;;;;/h5-7,9,11-17,19-20,37H,8,10,18H2,1-4H3;4-12H,1-3H3;4-12H,1-3H3,(H,25,26);2,4-5,7-8,14H,3,6,9H2,1H3;2*1H2,2H3;1H2;3*1H4;;1H/q;;;;;;;;;;+1;/p-1. The first-order valence-corrected chi connectivity index (χ1v) is 51.9. The minimum atomic E-state index is -4.08. The Morgan fingerprint density at radius 3 is 1.09 bits per heavy atom. The number of carboxylic acid groups (broad SMARTS) is 1. The highest BCUT2D eigenvalue weighted by molar-refractivity contribution is 7.90. The Morgan fingerprint density at radius 2 is 0.754 bits per heavy atom. The van der Waals surface area contributed by atoms with Gasteiger partial charge >= 0.3 is 49.0 Å². The normalized spacial score (nSPS) is 10.9.